The summed E-state index contributed by atoms with van der Waals surface area (Å²) in [4.78, 5) is 33.0. The van der Waals surface area contributed by atoms with Gasteiger partial charge in [0, 0.05) is 19.1 Å². The Morgan fingerprint density at radius 2 is 1.77 bits per heavy atom. The first-order valence-electron chi connectivity index (χ1n) is 10.2. The van der Waals surface area contributed by atoms with Gasteiger partial charge in [-0.25, -0.2) is 0 Å². The molecule has 2 aliphatic rings. The summed E-state index contributed by atoms with van der Waals surface area (Å²) in [5.41, 5.74) is 3.38. The maximum Gasteiger partial charge on any atom is 0.224 e. The van der Waals surface area contributed by atoms with E-state index in [-0.39, 0.29) is 17.6 Å². The monoisotopic (exact) mass is 398 g/mol. The van der Waals surface area contributed by atoms with E-state index in [4.69, 9.17) is 9.41 Å². The van der Waals surface area contributed by atoms with Crippen molar-refractivity contribution in [1.82, 2.24) is 0 Å². The minimum Gasteiger partial charge on any atom is -0.467 e. The molecule has 1 aliphatic heterocycles. The second kappa shape index (κ2) is 7.41. The van der Waals surface area contributed by atoms with Crippen LogP contribution in [0, 0.1) is 5.92 Å². The van der Waals surface area contributed by atoms with E-state index in [1.165, 1.54) is 6.92 Å². The lowest BCUT2D eigenvalue weighted by Gasteiger charge is -2.37. The summed E-state index contributed by atoms with van der Waals surface area (Å²) in [6, 6.07) is 20.8. The van der Waals surface area contributed by atoms with E-state index in [2.05, 4.69) is 12.1 Å². The molecule has 1 aliphatic carbocycles. The van der Waals surface area contributed by atoms with Gasteiger partial charge in [-0.2, -0.15) is 0 Å². The van der Waals surface area contributed by atoms with Crippen molar-refractivity contribution in [3.05, 3.63) is 84.3 Å². The molecule has 3 unspecified atom stereocenters. The number of hydrogen-bond acceptors (Lipinski definition) is 4. The molecule has 0 N–H and O–H groups in total. The number of benzene rings is 2. The molecule has 2 heterocycles. The van der Waals surface area contributed by atoms with Crippen molar-refractivity contribution < 1.29 is 14.0 Å². The highest BCUT2D eigenvalue weighted by atomic mass is 16.3. The van der Waals surface area contributed by atoms with Crippen LogP contribution in [0.1, 0.15) is 43.0 Å². The van der Waals surface area contributed by atoms with Crippen molar-refractivity contribution in [2.24, 2.45) is 10.9 Å². The van der Waals surface area contributed by atoms with Crippen LogP contribution in [0.3, 0.4) is 0 Å². The highest BCUT2D eigenvalue weighted by Crippen LogP contribution is 2.47. The summed E-state index contributed by atoms with van der Waals surface area (Å²) < 4.78 is 5.73. The standard InChI is InChI=1S/C25H22N2O3/c1-16(28)27-21-11-6-5-10-19(21)26-20-14-18(17-8-3-2-4-9-17)15-22(29)24(20)25(27)23-12-7-13-30-23/h2-13,18,24-25H,14-15H2,1H3. The van der Waals surface area contributed by atoms with Gasteiger partial charge in [-0.15, -0.1) is 0 Å². The Morgan fingerprint density at radius 1 is 1.00 bits per heavy atom. The van der Waals surface area contributed by atoms with Crippen molar-refractivity contribution in [2.75, 3.05) is 4.90 Å². The lowest BCUT2D eigenvalue weighted by atomic mass is 9.73. The number of carbonyl (C=O) groups excluding carboxylic acids is 2. The predicted octanol–water partition coefficient (Wildman–Crippen LogP) is 5.22. The Morgan fingerprint density at radius 3 is 2.50 bits per heavy atom. The molecule has 0 radical (unpaired) electrons. The van der Waals surface area contributed by atoms with Crippen LogP contribution in [0.15, 0.2) is 82.4 Å². The summed E-state index contributed by atoms with van der Waals surface area (Å²) in [5.74, 6) is 0.119. The lowest BCUT2D eigenvalue weighted by molar-refractivity contribution is -0.123. The Balaban J connectivity index is 1.67. The molecule has 5 heteroatoms. The van der Waals surface area contributed by atoms with Gasteiger partial charge in [0.1, 0.15) is 17.6 Å². The van der Waals surface area contributed by atoms with Gasteiger partial charge in [-0.3, -0.25) is 19.5 Å². The van der Waals surface area contributed by atoms with Crippen LogP contribution in [-0.4, -0.2) is 17.4 Å². The fourth-order valence-corrected chi connectivity index (χ4v) is 4.77. The minimum absolute atomic E-state index is 0.0852. The number of nitrogens with zero attached hydrogens (tertiary/aromatic N) is 2. The zero-order valence-electron chi connectivity index (χ0n) is 16.7. The van der Waals surface area contributed by atoms with Gasteiger partial charge in [0.05, 0.1) is 23.6 Å². The summed E-state index contributed by atoms with van der Waals surface area (Å²) in [6.07, 6.45) is 2.69. The molecule has 1 aromatic heterocycles. The van der Waals surface area contributed by atoms with E-state index in [9.17, 15) is 9.59 Å². The molecule has 3 aromatic rings. The van der Waals surface area contributed by atoms with Gasteiger partial charge in [-0.1, -0.05) is 42.5 Å². The van der Waals surface area contributed by atoms with Crippen molar-refractivity contribution >= 4 is 28.8 Å². The Bertz CT molecular complexity index is 1120. The number of ketones is 1. The second-order valence-corrected chi connectivity index (χ2v) is 7.90. The van der Waals surface area contributed by atoms with Gasteiger partial charge in [0.15, 0.2) is 0 Å². The number of anilines is 1. The highest BCUT2D eigenvalue weighted by Gasteiger charge is 2.46. The zero-order valence-corrected chi connectivity index (χ0v) is 16.7. The Kier molecular flexibility index (Phi) is 4.58. The number of fused-ring (bicyclic) bond motifs is 2. The maximum absolute atomic E-state index is 13.5. The van der Waals surface area contributed by atoms with E-state index >= 15 is 0 Å². The molecule has 30 heavy (non-hydrogen) atoms. The van der Waals surface area contributed by atoms with Crippen LogP contribution in [0.5, 0.6) is 0 Å². The average molecular weight is 398 g/mol. The summed E-state index contributed by atoms with van der Waals surface area (Å²) in [7, 11) is 0. The Hall–Kier alpha value is -3.47. The van der Waals surface area contributed by atoms with Gasteiger partial charge in [0.2, 0.25) is 5.91 Å². The molecule has 0 bridgehead atoms. The molecule has 0 spiro atoms. The molecule has 5 rings (SSSR count). The fraction of sp³-hybridized carbons (Fsp3) is 0.240. The third kappa shape index (κ3) is 3.07. The van der Waals surface area contributed by atoms with E-state index in [1.807, 2.05) is 48.5 Å². The normalized spacial score (nSPS) is 23.2. The Labute approximate surface area is 175 Å². The molecule has 2 aromatic carbocycles. The first-order chi connectivity index (χ1) is 14.6. The van der Waals surface area contributed by atoms with Crippen molar-refractivity contribution in [1.29, 1.82) is 0 Å². The largest absolute Gasteiger partial charge is 0.467 e. The van der Waals surface area contributed by atoms with Crippen LogP contribution < -0.4 is 4.90 Å². The number of hydrogen-bond donors (Lipinski definition) is 0. The number of rotatable bonds is 2. The van der Waals surface area contributed by atoms with Gasteiger partial charge >= 0.3 is 0 Å². The number of furan rings is 1. The van der Waals surface area contributed by atoms with E-state index in [1.54, 1.807) is 17.2 Å². The molecule has 0 saturated heterocycles. The zero-order chi connectivity index (χ0) is 20.7. The van der Waals surface area contributed by atoms with Crippen molar-refractivity contribution in [3.8, 4) is 0 Å². The van der Waals surface area contributed by atoms with Crippen LogP contribution in [0.4, 0.5) is 11.4 Å². The molecule has 150 valence electrons. The van der Waals surface area contributed by atoms with Crippen LogP contribution in [-0.2, 0) is 9.59 Å². The van der Waals surface area contributed by atoms with Crippen molar-refractivity contribution in [3.63, 3.8) is 0 Å². The smallest absolute Gasteiger partial charge is 0.224 e. The van der Waals surface area contributed by atoms with E-state index in [0.717, 1.165) is 11.3 Å². The first kappa shape index (κ1) is 18.6. The third-order valence-corrected chi connectivity index (χ3v) is 6.05. The number of aliphatic imine (C=N–C) groups is 1. The molecule has 1 saturated carbocycles. The quantitative estimate of drug-likeness (QED) is 0.594. The average Bonchev–Trinajstić information content (AvgIpc) is 3.23. The highest BCUT2D eigenvalue weighted by molar-refractivity contribution is 6.12. The number of para-hydroxylation sites is 2. The molecule has 3 atom stereocenters. The van der Waals surface area contributed by atoms with Crippen LogP contribution >= 0.6 is 0 Å². The van der Waals surface area contributed by atoms with Gasteiger partial charge in [0.25, 0.3) is 0 Å². The molecule has 1 amide bonds. The van der Waals surface area contributed by atoms with E-state index in [0.29, 0.717) is 30.0 Å². The van der Waals surface area contributed by atoms with Crippen molar-refractivity contribution in [2.45, 2.75) is 31.7 Å². The minimum atomic E-state index is -0.538. The third-order valence-electron chi connectivity index (χ3n) is 6.05. The fourth-order valence-electron chi connectivity index (χ4n) is 4.77. The number of carbonyl (C=O) groups is 2. The van der Waals surface area contributed by atoms with Gasteiger partial charge < -0.3 is 4.42 Å². The molecule has 1 fully saturated rings. The first-order valence-corrected chi connectivity index (χ1v) is 10.2. The predicted molar refractivity (Wildman–Crippen MR) is 115 cm³/mol. The SMILES string of the molecule is CC(=O)N1c2ccccc2N=C2CC(c3ccccc3)CC(=O)C2C1c1ccco1. The second-order valence-electron chi connectivity index (χ2n) is 7.90. The van der Waals surface area contributed by atoms with Gasteiger partial charge in [-0.05, 0) is 42.2 Å². The molecular formula is C25H22N2O3. The number of amides is 1. The van der Waals surface area contributed by atoms with Crippen LogP contribution in [0.2, 0.25) is 0 Å². The number of Topliss-reactive ketones (excluding diaryl/α,β-unsaturated/α-hetero) is 1. The van der Waals surface area contributed by atoms with Crippen LogP contribution in [0.25, 0.3) is 0 Å². The topological polar surface area (TPSA) is 62.9 Å². The lowest BCUT2D eigenvalue weighted by Crippen LogP contribution is -2.44. The summed E-state index contributed by atoms with van der Waals surface area (Å²) in [6.45, 7) is 1.53. The molecule has 5 nitrogen and oxygen atoms in total. The summed E-state index contributed by atoms with van der Waals surface area (Å²) >= 11 is 0. The maximum atomic E-state index is 13.5. The van der Waals surface area contributed by atoms with E-state index < -0.39 is 12.0 Å². The summed E-state index contributed by atoms with van der Waals surface area (Å²) in [5, 5.41) is 0. The molecular weight excluding hydrogens is 376 g/mol.